The quantitative estimate of drug-likeness (QED) is 0.125. The summed E-state index contributed by atoms with van der Waals surface area (Å²) in [5, 5.41) is 16.5. The number of hydrogen-bond acceptors (Lipinski definition) is 14. The summed E-state index contributed by atoms with van der Waals surface area (Å²) in [6, 6.07) is 11.9. The molecule has 6 aliphatic heterocycles. The minimum Gasteiger partial charge on any atom is -0.394 e. The van der Waals surface area contributed by atoms with Crippen molar-refractivity contribution in [2.45, 2.75) is 109 Å². The van der Waals surface area contributed by atoms with Crippen LogP contribution in [0.3, 0.4) is 0 Å². The number of hydrogen-bond donors (Lipinski definition) is 4. The number of aliphatic hydroxyl groups excluding tert-OH is 1. The number of piperidine rings is 3. The molecule has 4 saturated heterocycles. The number of imide groups is 2. The van der Waals surface area contributed by atoms with E-state index in [1.807, 2.05) is 34.1 Å². The predicted octanol–water partition coefficient (Wildman–Crippen LogP) is 3.02. The van der Waals surface area contributed by atoms with Gasteiger partial charge in [0.2, 0.25) is 17.7 Å². The second-order valence-corrected chi connectivity index (χ2v) is 22.3. The molecule has 4 fully saturated rings. The standard InChI is InChI=1S/C55H66N12O8/c1-32-29-62(36-15-18-61(19-16-36)37-9-10-38-39(26-37)52(73)67(51(38)72)42-12-14-48(70)59-50(42)71)20-21-63(32)40-11-8-35(24-33(40)7-13-46(56)69)57-49-54(75)60(4)30-47(58-49)65-17-5-6-41(45(65)31-68)66-23-22-64-43(53(66)74)25-34-27-55(2,3)28-44(34)64/h7-11,13,24-26,30,32,36,41-42,45,68H,5-6,12,14-23,27-29,31H2,1-4H3,(H2,56,69)(H,57,58)(H,59,70,71)/t32-,41?,42?,45?/m0/s1. The van der Waals surface area contributed by atoms with Gasteiger partial charge in [-0.05, 0) is 111 Å². The summed E-state index contributed by atoms with van der Waals surface area (Å²) < 4.78 is 3.69. The smallest absolute Gasteiger partial charge is 0.293 e. The first kappa shape index (κ1) is 49.9. The Morgan fingerprint density at radius 3 is 2.39 bits per heavy atom. The Morgan fingerprint density at radius 2 is 1.64 bits per heavy atom. The predicted molar refractivity (Wildman–Crippen MR) is 282 cm³/mol. The van der Waals surface area contributed by atoms with Crippen LogP contribution in [0.1, 0.15) is 107 Å². The van der Waals surface area contributed by atoms with Crippen LogP contribution in [0.2, 0.25) is 0 Å². The molecule has 7 aliphatic rings. The average Bonchev–Trinajstić information content (AvgIpc) is 3.98. The lowest BCUT2D eigenvalue weighted by atomic mass is 9.90. The van der Waals surface area contributed by atoms with Crippen molar-refractivity contribution in [2.75, 3.05) is 72.4 Å². The molecule has 0 spiro atoms. The van der Waals surface area contributed by atoms with Crippen molar-refractivity contribution in [3.05, 3.63) is 98.7 Å². The van der Waals surface area contributed by atoms with Crippen LogP contribution in [-0.4, -0.2) is 152 Å². The van der Waals surface area contributed by atoms with E-state index in [1.54, 1.807) is 31.5 Å². The largest absolute Gasteiger partial charge is 0.394 e. The van der Waals surface area contributed by atoms with Crippen LogP contribution in [0.4, 0.5) is 28.7 Å². The number of carbonyl (C=O) groups is 6. The van der Waals surface area contributed by atoms with Crippen molar-refractivity contribution in [2.24, 2.45) is 18.2 Å². The number of aliphatic hydroxyl groups is 1. The molecule has 394 valence electrons. The molecule has 8 heterocycles. The van der Waals surface area contributed by atoms with Crippen LogP contribution in [0.25, 0.3) is 6.08 Å². The highest BCUT2D eigenvalue weighted by molar-refractivity contribution is 6.23. The van der Waals surface area contributed by atoms with E-state index in [0.717, 1.165) is 98.8 Å². The summed E-state index contributed by atoms with van der Waals surface area (Å²) >= 11 is 0. The topological polar surface area (TPSA) is 232 Å². The maximum atomic E-state index is 14.2. The van der Waals surface area contributed by atoms with Gasteiger partial charge < -0.3 is 44.9 Å². The van der Waals surface area contributed by atoms with Gasteiger partial charge in [0.25, 0.3) is 23.3 Å². The molecule has 5 N–H and O–H groups in total. The third kappa shape index (κ3) is 9.14. The Labute approximate surface area is 435 Å². The van der Waals surface area contributed by atoms with Gasteiger partial charge in [0.05, 0.1) is 29.8 Å². The van der Waals surface area contributed by atoms with E-state index in [2.05, 4.69) is 56.7 Å². The van der Waals surface area contributed by atoms with Crippen molar-refractivity contribution in [3.8, 4) is 0 Å². The number of piperazine rings is 1. The summed E-state index contributed by atoms with van der Waals surface area (Å²) in [6.07, 6.45) is 10.1. The zero-order chi connectivity index (χ0) is 52.6. The Balaban J connectivity index is 0.749. The number of amides is 6. The molecule has 0 saturated carbocycles. The molecule has 2 aromatic carbocycles. The summed E-state index contributed by atoms with van der Waals surface area (Å²) in [4.78, 5) is 108. The van der Waals surface area contributed by atoms with Gasteiger partial charge in [-0.25, -0.2) is 4.98 Å². The number of nitrogens with zero attached hydrogens (tertiary/aromatic N) is 9. The zero-order valence-electron chi connectivity index (χ0n) is 43.1. The first-order valence-electron chi connectivity index (χ1n) is 26.4. The molecule has 75 heavy (non-hydrogen) atoms. The van der Waals surface area contributed by atoms with E-state index in [9.17, 15) is 38.7 Å². The fourth-order valence-electron chi connectivity index (χ4n) is 13.1. The van der Waals surface area contributed by atoms with Crippen molar-refractivity contribution < 1.29 is 33.9 Å². The fraction of sp³-hybridized carbons (Fsp3) is 0.491. The van der Waals surface area contributed by atoms with Gasteiger partial charge in [0.15, 0.2) is 5.82 Å². The summed E-state index contributed by atoms with van der Waals surface area (Å²) in [7, 11) is 1.67. The van der Waals surface area contributed by atoms with Crippen molar-refractivity contribution in [3.63, 3.8) is 0 Å². The molecule has 20 nitrogen and oxygen atoms in total. The molecule has 4 atom stereocenters. The lowest BCUT2D eigenvalue weighted by molar-refractivity contribution is -0.136. The van der Waals surface area contributed by atoms with Crippen molar-refractivity contribution in [1.82, 2.24) is 34.1 Å². The number of fused-ring (bicyclic) bond motifs is 4. The van der Waals surface area contributed by atoms with Gasteiger partial charge >= 0.3 is 0 Å². The van der Waals surface area contributed by atoms with E-state index in [0.29, 0.717) is 37.2 Å². The van der Waals surface area contributed by atoms with Gasteiger partial charge in [-0.15, -0.1) is 0 Å². The van der Waals surface area contributed by atoms with Crippen molar-refractivity contribution in [1.29, 1.82) is 0 Å². The number of anilines is 5. The molecule has 6 amide bonds. The number of rotatable bonds is 11. The van der Waals surface area contributed by atoms with Gasteiger partial charge in [0.1, 0.15) is 17.6 Å². The van der Waals surface area contributed by atoms with Crippen LogP contribution in [0.5, 0.6) is 0 Å². The second kappa shape index (κ2) is 19.4. The maximum absolute atomic E-state index is 14.2. The minimum atomic E-state index is -1.01. The van der Waals surface area contributed by atoms with Gasteiger partial charge in [-0.2, -0.15) is 0 Å². The summed E-state index contributed by atoms with van der Waals surface area (Å²) in [5.41, 5.74) is 12.3. The number of nitrogens with two attached hydrogens (primary N) is 1. The fourth-order valence-corrected chi connectivity index (χ4v) is 13.1. The van der Waals surface area contributed by atoms with Gasteiger partial charge in [-0.3, -0.25) is 48.7 Å². The van der Waals surface area contributed by atoms with E-state index < -0.39 is 41.6 Å². The Hall–Kier alpha value is -7.32. The first-order valence-corrected chi connectivity index (χ1v) is 26.4. The van der Waals surface area contributed by atoms with E-state index >= 15 is 0 Å². The van der Waals surface area contributed by atoms with Crippen LogP contribution in [0, 0.1) is 5.41 Å². The zero-order valence-corrected chi connectivity index (χ0v) is 43.1. The average molecular weight is 1020 g/mol. The van der Waals surface area contributed by atoms with E-state index in [4.69, 9.17) is 10.7 Å². The highest BCUT2D eigenvalue weighted by Crippen LogP contribution is 2.41. The van der Waals surface area contributed by atoms with Crippen LogP contribution >= 0.6 is 0 Å². The molecule has 2 aromatic heterocycles. The molecule has 0 radical (unpaired) electrons. The van der Waals surface area contributed by atoms with Gasteiger partial charge in [0, 0.05) is 119 Å². The lowest BCUT2D eigenvalue weighted by Gasteiger charge is -2.47. The molecule has 1 aliphatic carbocycles. The number of carbonyl (C=O) groups excluding carboxylic acids is 6. The number of benzene rings is 2. The van der Waals surface area contributed by atoms with Crippen LogP contribution < -0.4 is 36.6 Å². The highest BCUT2D eigenvalue weighted by atomic mass is 16.3. The lowest BCUT2D eigenvalue weighted by Crippen LogP contribution is -2.60. The number of nitrogens with one attached hydrogen (secondary N) is 2. The third-order valence-corrected chi connectivity index (χ3v) is 16.8. The Kier molecular flexibility index (Phi) is 12.9. The normalized spacial score (nSPS) is 24.3. The van der Waals surface area contributed by atoms with E-state index in [1.165, 1.54) is 21.9 Å². The highest BCUT2D eigenvalue weighted by Gasteiger charge is 2.46. The number of aromatic nitrogens is 3. The van der Waals surface area contributed by atoms with E-state index in [-0.39, 0.29) is 65.4 Å². The molecule has 0 bridgehead atoms. The number of primary amides is 1. The monoisotopic (exact) mass is 1020 g/mol. The second-order valence-electron chi connectivity index (χ2n) is 22.3. The SMILES string of the molecule is C[C@H]1CN(C2CCN(c3ccc4c(c3)C(=O)N(C3CCC(=O)NC3=O)C4=O)CC2)CCN1c1ccc(Nc2nc(N3CCCC(N4CCn5c(cc6c5CC(C)(C)C6)C4=O)C3CO)cn(C)c2=O)cc1C=CC(N)=O. The van der Waals surface area contributed by atoms with Crippen LogP contribution in [0.15, 0.2) is 59.5 Å². The molecule has 3 unspecified atom stereocenters. The third-order valence-electron chi connectivity index (χ3n) is 16.8. The molecular weight excluding hydrogens is 957 g/mol. The molecule has 4 aromatic rings. The van der Waals surface area contributed by atoms with Gasteiger partial charge in [-0.1, -0.05) is 13.8 Å². The Bertz CT molecular complexity index is 3120. The molecule has 20 heteroatoms. The minimum absolute atomic E-state index is 0.00785. The van der Waals surface area contributed by atoms with Crippen molar-refractivity contribution >= 4 is 70.2 Å². The first-order chi connectivity index (χ1) is 36.0. The Morgan fingerprint density at radius 1 is 0.867 bits per heavy atom. The summed E-state index contributed by atoms with van der Waals surface area (Å²) in [5.74, 6) is -2.07. The van der Waals surface area contributed by atoms with Crippen LogP contribution in [-0.2, 0) is 40.8 Å². The molecule has 11 rings (SSSR count). The number of aryl methyl sites for hydroxylation is 1. The summed E-state index contributed by atoms with van der Waals surface area (Å²) in [6.45, 7) is 12.2. The molecular formula is C55H66N12O8. The maximum Gasteiger partial charge on any atom is 0.293 e.